The van der Waals surface area contributed by atoms with Gasteiger partial charge in [0, 0.05) is 21.6 Å². The van der Waals surface area contributed by atoms with Gasteiger partial charge in [-0.3, -0.25) is 4.79 Å². The molecule has 0 aromatic heterocycles. The number of allylic oxidation sites excluding steroid dienone is 2. The fourth-order valence-corrected chi connectivity index (χ4v) is 4.80. The first-order chi connectivity index (χ1) is 13.0. The van der Waals surface area contributed by atoms with E-state index in [1.54, 1.807) is 21.1 Å². The molecule has 140 valence electrons. The highest BCUT2D eigenvalue weighted by Gasteiger charge is 2.39. The summed E-state index contributed by atoms with van der Waals surface area (Å²) in [6.07, 6.45) is 5.51. The van der Waals surface area contributed by atoms with Gasteiger partial charge in [-0.25, -0.2) is 0 Å². The molecule has 1 heterocycles. The molecule has 4 nitrogen and oxygen atoms in total. The number of anilines is 1. The molecule has 0 spiro atoms. The largest absolute Gasteiger partial charge is 0.493 e. The van der Waals surface area contributed by atoms with E-state index in [2.05, 4.69) is 33.4 Å². The van der Waals surface area contributed by atoms with Crippen LogP contribution in [-0.4, -0.2) is 20.0 Å². The van der Waals surface area contributed by atoms with Crippen LogP contribution in [0.25, 0.3) is 0 Å². The van der Waals surface area contributed by atoms with Crippen LogP contribution in [-0.2, 0) is 0 Å². The molecule has 1 aliphatic heterocycles. The highest BCUT2D eigenvalue weighted by molar-refractivity contribution is 9.10. The molecule has 0 saturated carbocycles. The second-order valence-corrected chi connectivity index (χ2v) is 7.92. The smallest absolute Gasteiger partial charge is 0.161 e. The Morgan fingerprint density at radius 3 is 2.56 bits per heavy atom. The van der Waals surface area contributed by atoms with Gasteiger partial charge in [0.15, 0.2) is 17.3 Å². The Labute approximate surface area is 167 Å². The normalized spacial score (nSPS) is 22.6. The number of rotatable bonds is 4. The first kappa shape index (κ1) is 18.1. The van der Waals surface area contributed by atoms with Gasteiger partial charge in [-0.1, -0.05) is 28.1 Å². The fraction of sp³-hybridized carbons (Fsp3) is 0.318. The van der Waals surface area contributed by atoms with Crippen molar-refractivity contribution in [3.63, 3.8) is 0 Å². The lowest BCUT2D eigenvalue weighted by Gasteiger charge is -2.38. The monoisotopic (exact) mass is 427 g/mol. The Kier molecular flexibility index (Phi) is 4.72. The average Bonchev–Trinajstić information content (AvgIpc) is 3.17. The van der Waals surface area contributed by atoms with Crippen molar-refractivity contribution in [3.8, 4) is 11.5 Å². The highest BCUT2D eigenvalue weighted by Crippen LogP contribution is 2.52. The van der Waals surface area contributed by atoms with Gasteiger partial charge >= 0.3 is 0 Å². The zero-order chi connectivity index (χ0) is 19.1. The SMILES string of the molecule is COc1cc(Br)c(C2Nc3ccc(C(C)=O)cc3C3C=CCC32)cc1OC. The first-order valence-corrected chi connectivity index (χ1v) is 9.82. The van der Waals surface area contributed by atoms with Gasteiger partial charge in [0.1, 0.15) is 0 Å². The maximum Gasteiger partial charge on any atom is 0.161 e. The van der Waals surface area contributed by atoms with Crippen LogP contribution in [0.15, 0.2) is 47.0 Å². The number of hydrogen-bond donors (Lipinski definition) is 1. The van der Waals surface area contributed by atoms with Gasteiger partial charge in [0.05, 0.1) is 20.3 Å². The van der Waals surface area contributed by atoms with Crippen LogP contribution in [0.3, 0.4) is 0 Å². The fourth-order valence-electron chi connectivity index (χ4n) is 4.23. The number of ether oxygens (including phenoxy) is 2. The number of Topliss-reactive ketones (excluding diaryl/α,β-unsaturated/α-hetero) is 1. The van der Waals surface area contributed by atoms with Gasteiger partial charge < -0.3 is 14.8 Å². The molecule has 2 aromatic rings. The van der Waals surface area contributed by atoms with Crippen LogP contribution in [0.2, 0.25) is 0 Å². The van der Waals surface area contributed by atoms with Crippen LogP contribution >= 0.6 is 15.9 Å². The summed E-state index contributed by atoms with van der Waals surface area (Å²) in [6.45, 7) is 1.61. The van der Waals surface area contributed by atoms with Gasteiger partial charge in [-0.05, 0) is 60.7 Å². The van der Waals surface area contributed by atoms with E-state index in [1.807, 2.05) is 30.3 Å². The number of carbonyl (C=O) groups excluding carboxylic acids is 1. The lowest BCUT2D eigenvalue weighted by Crippen LogP contribution is -2.29. The Morgan fingerprint density at radius 1 is 1.11 bits per heavy atom. The Hall–Kier alpha value is -2.27. The molecule has 2 aliphatic rings. The molecule has 1 N–H and O–H groups in total. The number of ketones is 1. The molecular weight excluding hydrogens is 406 g/mol. The Balaban J connectivity index is 1.79. The summed E-state index contributed by atoms with van der Waals surface area (Å²) in [6, 6.07) is 10.1. The van der Waals surface area contributed by atoms with E-state index < -0.39 is 0 Å². The van der Waals surface area contributed by atoms with E-state index in [9.17, 15) is 4.79 Å². The molecule has 27 heavy (non-hydrogen) atoms. The van der Waals surface area contributed by atoms with Crippen LogP contribution in [0.4, 0.5) is 5.69 Å². The molecule has 4 rings (SSSR count). The quantitative estimate of drug-likeness (QED) is 0.517. The summed E-state index contributed by atoms with van der Waals surface area (Å²) >= 11 is 3.71. The van der Waals surface area contributed by atoms with E-state index in [0.717, 1.165) is 33.5 Å². The lowest BCUT2D eigenvalue weighted by atomic mass is 9.76. The maximum atomic E-state index is 11.8. The number of hydrogen-bond acceptors (Lipinski definition) is 4. The van der Waals surface area contributed by atoms with Crippen molar-refractivity contribution in [2.45, 2.75) is 25.3 Å². The minimum atomic E-state index is 0.0982. The number of benzene rings is 2. The van der Waals surface area contributed by atoms with Crippen molar-refractivity contribution >= 4 is 27.4 Å². The van der Waals surface area contributed by atoms with Crippen LogP contribution in [0.1, 0.15) is 46.8 Å². The van der Waals surface area contributed by atoms with Crippen molar-refractivity contribution in [2.75, 3.05) is 19.5 Å². The molecule has 0 fully saturated rings. The standard InChI is InChI=1S/C22H22BrNO3/c1-12(25)13-7-8-19-16(9-13)14-5-4-6-15(14)22(24-19)17-10-20(26-2)21(27-3)11-18(17)23/h4-5,7-11,14-15,22,24H,6H2,1-3H3. The van der Waals surface area contributed by atoms with Crippen LogP contribution in [0.5, 0.6) is 11.5 Å². The molecule has 3 unspecified atom stereocenters. The molecular formula is C22H22BrNO3. The average molecular weight is 428 g/mol. The molecule has 5 heteroatoms. The molecule has 2 aromatic carbocycles. The summed E-state index contributed by atoms with van der Waals surface area (Å²) in [7, 11) is 3.30. The maximum absolute atomic E-state index is 11.8. The molecule has 3 atom stereocenters. The third kappa shape index (κ3) is 3.04. The molecule has 0 saturated heterocycles. The molecule has 0 radical (unpaired) electrons. The molecule has 0 bridgehead atoms. The predicted octanol–water partition coefficient (Wildman–Crippen LogP) is 5.50. The zero-order valence-electron chi connectivity index (χ0n) is 15.6. The van der Waals surface area contributed by atoms with Gasteiger partial charge in [-0.2, -0.15) is 0 Å². The molecule has 1 aliphatic carbocycles. The van der Waals surface area contributed by atoms with Gasteiger partial charge in [-0.15, -0.1) is 0 Å². The summed E-state index contributed by atoms with van der Waals surface area (Å²) in [5.41, 5.74) is 4.20. The third-order valence-corrected chi connectivity index (χ3v) is 6.29. The van der Waals surface area contributed by atoms with E-state index in [-0.39, 0.29) is 11.8 Å². The van der Waals surface area contributed by atoms with Crippen molar-refractivity contribution in [3.05, 3.63) is 63.6 Å². The van der Waals surface area contributed by atoms with Crippen molar-refractivity contribution in [1.29, 1.82) is 0 Å². The minimum absolute atomic E-state index is 0.0982. The van der Waals surface area contributed by atoms with E-state index in [1.165, 1.54) is 5.56 Å². The second kappa shape index (κ2) is 7.04. The van der Waals surface area contributed by atoms with Gasteiger partial charge in [0.25, 0.3) is 0 Å². The van der Waals surface area contributed by atoms with E-state index in [0.29, 0.717) is 17.6 Å². The van der Waals surface area contributed by atoms with Crippen LogP contribution < -0.4 is 14.8 Å². The Bertz CT molecular complexity index is 937. The van der Waals surface area contributed by atoms with Crippen molar-refractivity contribution in [2.24, 2.45) is 5.92 Å². The predicted molar refractivity (Wildman–Crippen MR) is 110 cm³/mol. The highest BCUT2D eigenvalue weighted by atomic mass is 79.9. The minimum Gasteiger partial charge on any atom is -0.493 e. The summed E-state index contributed by atoms with van der Waals surface area (Å²) in [5, 5.41) is 3.70. The topological polar surface area (TPSA) is 47.6 Å². The van der Waals surface area contributed by atoms with E-state index >= 15 is 0 Å². The lowest BCUT2D eigenvalue weighted by molar-refractivity contribution is 0.101. The second-order valence-electron chi connectivity index (χ2n) is 7.06. The first-order valence-electron chi connectivity index (χ1n) is 9.03. The van der Waals surface area contributed by atoms with Crippen molar-refractivity contribution in [1.82, 2.24) is 0 Å². The number of fused-ring (bicyclic) bond motifs is 3. The number of carbonyl (C=O) groups is 1. The van der Waals surface area contributed by atoms with Crippen molar-refractivity contribution < 1.29 is 14.3 Å². The van der Waals surface area contributed by atoms with Crippen LogP contribution in [0, 0.1) is 5.92 Å². The number of nitrogens with one attached hydrogen (secondary N) is 1. The number of halogens is 1. The van der Waals surface area contributed by atoms with E-state index in [4.69, 9.17) is 9.47 Å². The Morgan fingerprint density at radius 2 is 1.85 bits per heavy atom. The summed E-state index contributed by atoms with van der Waals surface area (Å²) < 4.78 is 11.9. The zero-order valence-corrected chi connectivity index (χ0v) is 17.2. The summed E-state index contributed by atoms with van der Waals surface area (Å²) in [5.74, 6) is 2.20. The van der Waals surface area contributed by atoms with Gasteiger partial charge in [0.2, 0.25) is 0 Å². The third-order valence-electron chi connectivity index (χ3n) is 5.61. The molecule has 0 amide bonds. The summed E-state index contributed by atoms with van der Waals surface area (Å²) in [4.78, 5) is 11.8. The number of methoxy groups -OCH3 is 2.